The van der Waals surface area contributed by atoms with Crippen LogP contribution in [0.5, 0.6) is 5.75 Å². The number of nitrogens with one attached hydrogen (secondary N) is 2. The Labute approximate surface area is 186 Å². The van der Waals surface area contributed by atoms with Crippen molar-refractivity contribution in [1.29, 1.82) is 0 Å². The van der Waals surface area contributed by atoms with Crippen LogP contribution in [0.15, 0.2) is 53.9 Å². The Bertz CT molecular complexity index is 1080. The second-order valence-electron chi connectivity index (χ2n) is 6.67. The number of carbonyl (C=O) groups excluding carboxylic acids is 2. The minimum Gasteiger partial charge on any atom is -0.494 e. The molecule has 2 aromatic carbocycles. The van der Waals surface area contributed by atoms with E-state index in [-0.39, 0.29) is 17.7 Å². The Morgan fingerprint density at radius 3 is 2.50 bits per heavy atom. The molecule has 32 heavy (non-hydrogen) atoms. The van der Waals surface area contributed by atoms with Crippen LogP contribution in [0, 0.1) is 0 Å². The molecule has 168 valence electrons. The van der Waals surface area contributed by atoms with Crippen molar-refractivity contribution in [2.24, 2.45) is 0 Å². The molecule has 0 aliphatic heterocycles. The highest BCUT2D eigenvalue weighted by Gasteiger charge is 2.28. The summed E-state index contributed by atoms with van der Waals surface area (Å²) in [6, 6.07) is 13.3. The summed E-state index contributed by atoms with van der Waals surface area (Å²) in [7, 11) is 0. The third-order valence-electron chi connectivity index (χ3n) is 4.20. The predicted molar refractivity (Wildman–Crippen MR) is 116 cm³/mol. The number of anilines is 1. The van der Waals surface area contributed by atoms with Gasteiger partial charge in [0.1, 0.15) is 17.3 Å². The minimum atomic E-state index is -4.53. The number of benzene rings is 2. The van der Waals surface area contributed by atoms with Gasteiger partial charge in [-0.1, -0.05) is 12.1 Å². The molecule has 2 N–H and O–H groups in total. The monoisotopic (exact) mass is 463 g/mol. The van der Waals surface area contributed by atoms with Gasteiger partial charge >= 0.3 is 6.18 Å². The summed E-state index contributed by atoms with van der Waals surface area (Å²) in [6.07, 6.45) is -4.58. The van der Waals surface area contributed by atoms with E-state index in [0.29, 0.717) is 12.3 Å². The third kappa shape index (κ3) is 6.55. The van der Waals surface area contributed by atoms with Crippen LogP contribution in [0.2, 0.25) is 0 Å². The van der Waals surface area contributed by atoms with Crippen molar-refractivity contribution in [1.82, 2.24) is 10.3 Å². The molecule has 0 aliphatic rings. The summed E-state index contributed by atoms with van der Waals surface area (Å²) < 4.78 is 42.5. The molecule has 3 aromatic rings. The molecule has 1 aromatic heterocycles. The van der Waals surface area contributed by atoms with Crippen molar-refractivity contribution in [3.05, 3.63) is 65.2 Å². The predicted octanol–water partition coefficient (Wildman–Crippen LogP) is 4.68. The van der Waals surface area contributed by atoms with Gasteiger partial charge in [0.2, 0.25) is 5.91 Å². The van der Waals surface area contributed by atoms with E-state index in [9.17, 15) is 22.8 Å². The summed E-state index contributed by atoms with van der Waals surface area (Å²) in [4.78, 5) is 29.0. The van der Waals surface area contributed by atoms with Crippen molar-refractivity contribution in [3.8, 4) is 16.3 Å². The fourth-order valence-electron chi connectivity index (χ4n) is 2.81. The number of alkyl halides is 3. The Morgan fingerprint density at radius 1 is 1.09 bits per heavy atom. The topological polar surface area (TPSA) is 80.3 Å². The average molecular weight is 463 g/mol. The van der Waals surface area contributed by atoms with Crippen LogP contribution in [0.3, 0.4) is 0 Å². The molecule has 0 atom stereocenters. The van der Waals surface area contributed by atoms with Gasteiger partial charge in [-0.05, 0) is 43.3 Å². The van der Waals surface area contributed by atoms with E-state index < -0.39 is 24.5 Å². The molecule has 0 radical (unpaired) electrons. The number of hydrogen-bond acceptors (Lipinski definition) is 5. The fourth-order valence-corrected chi connectivity index (χ4v) is 3.63. The van der Waals surface area contributed by atoms with E-state index in [1.165, 1.54) is 29.5 Å². The SMILES string of the molecule is CCOc1ccc(-c2nc(CC(=O)Nc3ccccc3C(=O)NCC(F)(F)F)cs2)cc1. The summed E-state index contributed by atoms with van der Waals surface area (Å²) in [5.41, 5.74) is 1.49. The van der Waals surface area contributed by atoms with E-state index in [1.807, 2.05) is 31.2 Å². The second kappa shape index (κ2) is 10.3. The van der Waals surface area contributed by atoms with Crippen molar-refractivity contribution in [3.63, 3.8) is 0 Å². The van der Waals surface area contributed by atoms with Gasteiger partial charge in [-0.3, -0.25) is 9.59 Å². The summed E-state index contributed by atoms with van der Waals surface area (Å²) in [5.74, 6) is -0.611. The number of carbonyl (C=O) groups is 2. The summed E-state index contributed by atoms with van der Waals surface area (Å²) in [5, 5.41) is 6.87. The number of hydrogen-bond donors (Lipinski definition) is 2. The van der Waals surface area contributed by atoms with E-state index in [0.717, 1.165) is 16.3 Å². The van der Waals surface area contributed by atoms with E-state index >= 15 is 0 Å². The number of para-hydroxylation sites is 1. The van der Waals surface area contributed by atoms with Gasteiger partial charge in [0.05, 0.1) is 30.0 Å². The van der Waals surface area contributed by atoms with Gasteiger partial charge in [0.25, 0.3) is 5.91 Å². The van der Waals surface area contributed by atoms with Crippen molar-refractivity contribution < 1.29 is 27.5 Å². The fraction of sp³-hybridized carbons (Fsp3) is 0.227. The van der Waals surface area contributed by atoms with E-state index in [2.05, 4.69) is 10.3 Å². The lowest BCUT2D eigenvalue weighted by atomic mass is 10.1. The molecule has 0 spiro atoms. The summed E-state index contributed by atoms with van der Waals surface area (Å²) >= 11 is 1.38. The first-order valence-electron chi connectivity index (χ1n) is 9.66. The van der Waals surface area contributed by atoms with Crippen LogP contribution in [0.1, 0.15) is 23.0 Å². The van der Waals surface area contributed by atoms with Crippen LogP contribution in [0.25, 0.3) is 10.6 Å². The van der Waals surface area contributed by atoms with Crippen molar-refractivity contribution in [2.45, 2.75) is 19.5 Å². The number of aromatic nitrogens is 1. The normalized spacial score (nSPS) is 11.1. The van der Waals surface area contributed by atoms with E-state index in [1.54, 1.807) is 16.8 Å². The highest BCUT2D eigenvalue weighted by Crippen LogP contribution is 2.26. The van der Waals surface area contributed by atoms with Gasteiger partial charge in [-0.2, -0.15) is 13.2 Å². The molecule has 0 saturated heterocycles. The Kier molecular flexibility index (Phi) is 7.47. The maximum atomic E-state index is 12.5. The molecule has 6 nitrogen and oxygen atoms in total. The molecule has 0 fully saturated rings. The zero-order valence-corrected chi connectivity index (χ0v) is 17.8. The third-order valence-corrected chi connectivity index (χ3v) is 5.14. The lowest BCUT2D eigenvalue weighted by Crippen LogP contribution is -2.34. The molecule has 2 amide bonds. The molecule has 0 bridgehead atoms. The van der Waals surface area contributed by atoms with Gasteiger partial charge in [0.15, 0.2) is 0 Å². The van der Waals surface area contributed by atoms with Gasteiger partial charge in [-0.15, -0.1) is 11.3 Å². The second-order valence-corrected chi connectivity index (χ2v) is 7.53. The quantitative estimate of drug-likeness (QED) is 0.508. The first-order valence-corrected chi connectivity index (χ1v) is 10.5. The standard InChI is InChI=1S/C22H20F3N3O3S/c1-2-31-16-9-7-14(8-10-16)21-27-15(12-32-21)11-19(29)28-18-6-4-3-5-17(18)20(30)26-13-22(23,24)25/h3-10,12H,2,11,13H2,1H3,(H,26,30)(H,28,29). The first-order chi connectivity index (χ1) is 15.2. The lowest BCUT2D eigenvalue weighted by Gasteiger charge is -2.12. The molecule has 0 aliphatic carbocycles. The highest BCUT2D eigenvalue weighted by molar-refractivity contribution is 7.13. The average Bonchev–Trinajstić information content (AvgIpc) is 3.21. The largest absolute Gasteiger partial charge is 0.494 e. The zero-order valence-electron chi connectivity index (χ0n) is 17.0. The van der Waals surface area contributed by atoms with Crippen molar-refractivity contribution in [2.75, 3.05) is 18.5 Å². The first kappa shape index (κ1) is 23.3. The Morgan fingerprint density at radius 2 is 1.81 bits per heavy atom. The highest BCUT2D eigenvalue weighted by atomic mass is 32.1. The molecular formula is C22H20F3N3O3S. The molecule has 10 heteroatoms. The molecule has 0 unspecified atom stereocenters. The maximum Gasteiger partial charge on any atom is 0.405 e. The van der Waals surface area contributed by atoms with Crippen LogP contribution in [0.4, 0.5) is 18.9 Å². The van der Waals surface area contributed by atoms with Gasteiger partial charge in [0, 0.05) is 10.9 Å². The molecule has 0 saturated carbocycles. The van der Waals surface area contributed by atoms with Crippen LogP contribution in [-0.4, -0.2) is 36.1 Å². The maximum absolute atomic E-state index is 12.5. The van der Waals surface area contributed by atoms with Crippen LogP contribution in [-0.2, 0) is 11.2 Å². The molecule has 1 heterocycles. The number of amides is 2. The number of rotatable bonds is 8. The zero-order chi connectivity index (χ0) is 23.1. The van der Waals surface area contributed by atoms with Gasteiger partial charge < -0.3 is 15.4 Å². The number of ether oxygens (including phenoxy) is 1. The lowest BCUT2D eigenvalue weighted by molar-refractivity contribution is -0.123. The number of halogens is 3. The Hall–Kier alpha value is -3.40. The number of thiazole rings is 1. The molecular weight excluding hydrogens is 443 g/mol. The number of nitrogens with zero attached hydrogens (tertiary/aromatic N) is 1. The van der Waals surface area contributed by atoms with Gasteiger partial charge in [-0.25, -0.2) is 4.98 Å². The van der Waals surface area contributed by atoms with Crippen LogP contribution < -0.4 is 15.4 Å². The minimum absolute atomic E-state index is 0.0496. The smallest absolute Gasteiger partial charge is 0.405 e. The Balaban J connectivity index is 1.64. The van der Waals surface area contributed by atoms with E-state index in [4.69, 9.17) is 4.74 Å². The van der Waals surface area contributed by atoms with Crippen molar-refractivity contribution >= 4 is 28.8 Å². The summed E-state index contributed by atoms with van der Waals surface area (Å²) in [6.45, 7) is 1.02. The van der Waals surface area contributed by atoms with Crippen LogP contribution >= 0.6 is 11.3 Å². The molecule has 3 rings (SSSR count).